The Hall–Kier alpha value is -0.130. The van der Waals surface area contributed by atoms with E-state index in [1.165, 1.54) is 31.9 Å². The second-order valence-corrected chi connectivity index (χ2v) is 7.63. The second-order valence-electron chi connectivity index (χ2n) is 5.37. The molecule has 0 bridgehead atoms. The molecule has 1 atom stereocenters. The minimum atomic E-state index is -2.81. The van der Waals surface area contributed by atoms with Crippen molar-refractivity contribution in [1.29, 1.82) is 0 Å². The normalized spacial score (nSPS) is 22.2. The first-order valence-corrected chi connectivity index (χ1v) is 9.21. The van der Waals surface area contributed by atoms with Crippen molar-refractivity contribution >= 4 is 9.84 Å². The molecule has 0 aromatic rings. The van der Waals surface area contributed by atoms with Crippen molar-refractivity contribution in [3.63, 3.8) is 0 Å². The summed E-state index contributed by atoms with van der Waals surface area (Å²) in [5, 5.41) is 3.48. The lowest BCUT2D eigenvalue weighted by Crippen LogP contribution is -2.46. The molecule has 1 saturated heterocycles. The Bertz CT molecular complexity index is 317. The summed E-state index contributed by atoms with van der Waals surface area (Å²) in [6, 6.07) is 0.602. The number of sulfone groups is 1. The van der Waals surface area contributed by atoms with Crippen molar-refractivity contribution in [2.24, 2.45) is 0 Å². The Morgan fingerprint density at radius 2 is 2.11 bits per heavy atom. The van der Waals surface area contributed by atoms with E-state index < -0.39 is 9.84 Å². The molecular formula is C13H28N2O2S. The highest BCUT2D eigenvalue weighted by Gasteiger charge is 2.21. The quantitative estimate of drug-likeness (QED) is 0.678. The van der Waals surface area contributed by atoms with E-state index in [2.05, 4.69) is 17.1 Å². The van der Waals surface area contributed by atoms with Crippen LogP contribution in [0.1, 0.15) is 39.0 Å². The lowest BCUT2D eigenvalue weighted by atomic mass is 10.0. The van der Waals surface area contributed by atoms with Gasteiger partial charge >= 0.3 is 0 Å². The first kappa shape index (κ1) is 15.9. The van der Waals surface area contributed by atoms with Gasteiger partial charge in [-0.2, -0.15) is 0 Å². The van der Waals surface area contributed by atoms with E-state index in [9.17, 15) is 8.42 Å². The van der Waals surface area contributed by atoms with Gasteiger partial charge < -0.3 is 5.32 Å². The van der Waals surface area contributed by atoms with Crippen molar-refractivity contribution in [3.05, 3.63) is 0 Å². The molecule has 1 fully saturated rings. The molecule has 1 unspecified atom stereocenters. The molecule has 1 rings (SSSR count). The molecule has 1 heterocycles. The predicted molar refractivity (Wildman–Crippen MR) is 76.7 cm³/mol. The van der Waals surface area contributed by atoms with Crippen LogP contribution in [0, 0.1) is 0 Å². The number of hydrogen-bond acceptors (Lipinski definition) is 4. The highest BCUT2D eigenvalue weighted by Crippen LogP contribution is 2.16. The van der Waals surface area contributed by atoms with E-state index in [-0.39, 0.29) is 0 Å². The summed E-state index contributed by atoms with van der Waals surface area (Å²) in [5.74, 6) is 0.318. The van der Waals surface area contributed by atoms with Gasteiger partial charge in [-0.3, -0.25) is 4.90 Å². The number of nitrogens with zero attached hydrogens (tertiary/aromatic N) is 1. The van der Waals surface area contributed by atoms with E-state index >= 15 is 0 Å². The van der Waals surface area contributed by atoms with Crippen molar-refractivity contribution in [3.8, 4) is 0 Å². The van der Waals surface area contributed by atoms with Gasteiger partial charge in [0.25, 0.3) is 0 Å². The van der Waals surface area contributed by atoms with E-state index in [4.69, 9.17) is 0 Å². The molecule has 0 saturated carbocycles. The number of piperidine rings is 1. The first-order valence-electron chi connectivity index (χ1n) is 7.15. The molecule has 4 nitrogen and oxygen atoms in total. The molecular weight excluding hydrogens is 248 g/mol. The number of hydrogen-bond donors (Lipinski definition) is 1. The van der Waals surface area contributed by atoms with Gasteiger partial charge in [-0.1, -0.05) is 13.3 Å². The Morgan fingerprint density at radius 3 is 2.78 bits per heavy atom. The Kier molecular flexibility index (Phi) is 7.19. The van der Waals surface area contributed by atoms with Crippen LogP contribution in [0.4, 0.5) is 0 Å². The number of likely N-dealkylation sites (tertiary alicyclic amines) is 1. The number of nitrogens with one attached hydrogen (secondary N) is 1. The third kappa shape index (κ3) is 6.71. The van der Waals surface area contributed by atoms with Crippen LogP contribution in [-0.2, 0) is 9.84 Å². The van der Waals surface area contributed by atoms with Crippen LogP contribution >= 0.6 is 0 Å². The molecule has 1 aliphatic heterocycles. The molecule has 1 aliphatic rings. The largest absolute Gasteiger partial charge is 0.315 e. The summed E-state index contributed by atoms with van der Waals surface area (Å²) < 4.78 is 22.3. The Morgan fingerprint density at radius 1 is 1.33 bits per heavy atom. The predicted octanol–water partition coefficient (Wildman–Crippen LogP) is 1.28. The Labute approximate surface area is 112 Å². The summed E-state index contributed by atoms with van der Waals surface area (Å²) in [6.45, 7) is 6.35. The fraction of sp³-hybridized carbons (Fsp3) is 1.00. The zero-order valence-corrected chi connectivity index (χ0v) is 12.6. The topological polar surface area (TPSA) is 49.4 Å². The van der Waals surface area contributed by atoms with Gasteiger partial charge in [0.05, 0.1) is 5.75 Å². The lowest BCUT2D eigenvalue weighted by molar-refractivity contribution is 0.146. The summed E-state index contributed by atoms with van der Waals surface area (Å²) in [5.41, 5.74) is 0. The van der Waals surface area contributed by atoms with E-state index in [1.54, 1.807) is 0 Å². The molecule has 0 aliphatic carbocycles. The van der Waals surface area contributed by atoms with E-state index in [1.807, 2.05) is 0 Å². The van der Waals surface area contributed by atoms with Gasteiger partial charge in [-0.25, -0.2) is 8.42 Å². The minimum absolute atomic E-state index is 0.318. The maximum Gasteiger partial charge on any atom is 0.147 e. The van der Waals surface area contributed by atoms with Gasteiger partial charge in [-0.05, 0) is 45.3 Å². The highest BCUT2D eigenvalue weighted by molar-refractivity contribution is 7.90. The lowest BCUT2D eigenvalue weighted by Gasteiger charge is -2.36. The van der Waals surface area contributed by atoms with Gasteiger partial charge in [0.1, 0.15) is 9.84 Å². The van der Waals surface area contributed by atoms with Crippen molar-refractivity contribution in [1.82, 2.24) is 10.2 Å². The molecule has 5 heteroatoms. The highest BCUT2D eigenvalue weighted by atomic mass is 32.2. The van der Waals surface area contributed by atoms with E-state index in [0.29, 0.717) is 11.8 Å². The molecule has 1 N–H and O–H groups in total. The van der Waals surface area contributed by atoms with Gasteiger partial charge in [0.2, 0.25) is 0 Å². The van der Waals surface area contributed by atoms with Crippen molar-refractivity contribution in [2.45, 2.75) is 45.1 Å². The standard InChI is InChI=1S/C13H28N2O2S/c1-3-8-14-12-13-7-4-5-9-15(13)10-6-11-18(2,16)17/h13-14H,3-12H2,1-2H3. The fourth-order valence-corrected chi connectivity index (χ4v) is 3.21. The van der Waals surface area contributed by atoms with Crippen LogP contribution in [0.25, 0.3) is 0 Å². The van der Waals surface area contributed by atoms with Crippen molar-refractivity contribution < 1.29 is 8.42 Å². The molecule has 108 valence electrons. The van der Waals surface area contributed by atoms with Crippen LogP contribution in [0.3, 0.4) is 0 Å². The van der Waals surface area contributed by atoms with E-state index in [0.717, 1.165) is 32.6 Å². The Balaban J connectivity index is 2.30. The third-order valence-corrected chi connectivity index (χ3v) is 4.55. The van der Waals surface area contributed by atoms with Crippen LogP contribution < -0.4 is 5.32 Å². The van der Waals surface area contributed by atoms with Crippen LogP contribution in [0.15, 0.2) is 0 Å². The van der Waals surface area contributed by atoms with Crippen molar-refractivity contribution in [2.75, 3.05) is 38.2 Å². The fourth-order valence-electron chi connectivity index (χ4n) is 2.56. The maximum atomic E-state index is 11.1. The van der Waals surface area contributed by atoms with Gasteiger partial charge in [-0.15, -0.1) is 0 Å². The molecule has 0 amide bonds. The summed E-state index contributed by atoms with van der Waals surface area (Å²) in [6.07, 6.45) is 7.06. The minimum Gasteiger partial charge on any atom is -0.315 e. The molecule has 0 aromatic heterocycles. The summed E-state index contributed by atoms with van der Waals surface area (Å²) in [7, 11) is -2.81. The average molecular weight is 276 g/mol. The molecule has 0 radical (unpaired) electrons. The van der Waals surface area contributed by atoms with Crippen LogP contribution in [-0.4, -0.2) is 57.5 Å². The third-order valence-electron chi connectivity index (χ3n) is 3.52. The average Bonchev–Trinajstić information content (AvgIpc) is 2.30. The second kappa shape index (κ2) is 8.12. The zero-order chi connectivity index (χ0) is 13.4. The van der Waals surface area contributed by atoms with Crippen LogP contribution in [0.5, 0.6) is 0 Å². The summed E-state index contributed by atoms with van der Waals surface area (Å²) in [4.78, 5) is 2.47. The molecule has 0 spiro atoms. The molecule has 18 heavy (non-hydrogen) atoms. The smallest absolute Gasteiger partial charge is 0.147 e. The zero-order valence-electron chi connectivity index (χ0n) is 11.8. The molecule has 0 aromatic carbocycles. The first-order chi connectivity index (χ1) is 8.53. The number of rotatable bonds is 8. The van der Waals surface area contributed by atoms with Gasteiger partial charge in [0.15, 0.2) is 0 Å². The monoisotopic (exact) mass is 276 g/mol. The SMILES string of the molecule is CCCNCC1CCCCN1CCCS(C)(=O)=O. The maximum absolute atomic E-state index is 11.1. The summed E-state index contributed by atoms with van der Waals surface area (Å²) >= 11 is 0. The van der Waals surface area contributed by atoms with Gasteiger partial charge in [0, 0.05) is 18.8 Å². The van der Waals surface area contributed by atoms with Crippen LogP contribution in [0.2, 0.25) is 0 Å².